The molecule has 0 spiro atoms. The summed E-state index contributed by atoms with van der Waals surface area (Å²) < 4.78 is 1.72. The molecule has 0 saturated heterocycles. The Bertz CT molecular complexity index is 788. The number of nitrogens with one attached hydrogen (secondary N) is 1. The maximum Gasteiger partial charge on any atom is 0.262 e. The van der Waals surface area contributed by atoms with Gasteiger partial charge in [-0.25, -0.2) is 4.98 Å². The van der Waals surface area contributed by atoms with Crippen molar-refractivity contribution >= 4 is 28.6 Å². The lowest BCUT2D eigenvalue weighted by atomic mass is 10.2. The van der Waals surface area contributed by atoms with Gasteiger partial charge in [-0.3, -0.25) is 14.2 Å². The van der Waals surface area contributed by atoms with Crippen LogP contribution in [-0.2, 0) is 4.79 Å². The summed E-state index contributed by atoms with van der Waals surface area (Å²) >= 11 is 1.34. The predicted molar refractivity (Wildman–Crippen MR) is 109 cm³/mol. The van der Waals surface area contributed by atoms with Crippen molar-refractivity contribution in [3.05, 3.63) is 34.6 Å². The molecule has 142 valence electrons. The van der Waals surface area contributed by atoms with E-state index >= 15 is 0 Å². The molecular weight excluding hydrogens is 346 g/mol. The zero-order chi connectivity index (χ0) is 18.9. The molecule has 0 fully saturated rings. The van der Waals surface area contributed by atoms with Crippen molar-refractivity contribution in [2.24, 2.45) is 0 Å². The van der Waals surface area contributed by atoms with E-state index < -0.39 is 0 Å². The molecule has 0 saturated carbocycles. The normalized spacial score (nSPS) is 12.3. The van der Waals surface area contributed by atoms with Gasteiger partial charge in [0.2, 0.25) is 5.91 Å². The lowest BCUT2D eigenvalue weighted by Crippen LogP contribution is -2.28. The molecule has 0 unspecified atom stereocenters. The molecule has 1 aromatic carbocycles. The molecule has 0 aliphatic heterocycles. The van der Waals surface area contributed by atoms with Crippen LogP contribution in [0.3, 0.4) is 0 Å². The molecular formula is C20H29N3O2S. The summed E-state index contributed by atoms with van der Waals surface area (Å²) in [7, 11) is 0. The number of aromatic nitrogens is 2. The van der Waals surface area contributed by atoms with E-state index in [0.717, 1.165) is 19.3 Å². The first-order chi connectivity index (χ1) is 12.6. The molecule has 5 nitrogen and oxygen atoms in total. The summed E-state index contributed by atoms with van der Waals surface area (Å²) in [5.41, 5.74) is 0.645. The number of para-hydroxylation sites is 1. The Morgan fingerprint density at radius 3 is 2.73 bits per heavy atom. The number of carbonyl (C=O) groups is 1. The Hall–Kier alpha value is -1.82. The average molecular weight is 376 g/mol. The number of amides is 1. The Morgan fingerprint density at radius 2 is 2.00 bits per heavy atom. The molecule has 1 aromatic heterocycles. The fourth-order valence-electron chi connectivity index (χ4n) is 2.76. The SMILES string of the molecule is CCCCCCNC(=O)CSc1nc2ccccc2c(=O)n1[C@@H](C)CC. The van der Waals surface area contributed by atoms with Gasteiger partial charge in [0, 0.05) is 12.6 Å². The van der Waals surface area contributed by atoms with Crippen LogP contribution >= 0.6 is 11.8 Å². The first kappa shape index (κ1) is 20.5. The van der Waals surface area contributed by atoms with Crippen molar-refractivity contribution in [2.45, 2.75) is 64.1 Å². The number of hydrogen-bond donors (Lipinski definition) is 1. The number of hydrogen-bond acceptors (Lipinski definition) is 4. The Balaban J connectivity index is 2.10. The van der Waals surface area contributed by atoms with Crippen LogP contribution < -0.4 is 10.9 Å². The number of rotatable bonds is 10. The maximum absolute atomic E-state index is 12.9. The summed E-state index contributed by atoms with van der Waals surface area (Å²) in [6, 6.07) is 7.42. The van der Waals surface area contributed by atoms with Crippen LogP contribution in [-0.4, -0.2) is 27.8 Å². The minimum atomic E-state index is -0.0348. The summed E-state index contributed by atoms with van der Waals surface area (Å²) in [4.78, 5) is 29.6. The molecule has 1 amide bonds. The van der Waals surface area contributed by atoms with Gasteiger partial charge in [-0.05, 0) is 31.9 Å². The highest BCUT2D eigenvalue weighted by Gasteiger charge is 2.16. The smallest absolute Gasteiger partial charge is 0.262 e. The number of unbranched alkanes of at least 4 members (excludes halogenated alkanes) is 3. The van der Waals surface area contributed by atoms with Gasteiger partial charge >= 0.3 is 0 Å². The Kier molecular flexibility index (Phi) is 8.16. The van der Waals surface area contributed by atoms with Crippen molar-refractivity contribution in [1.29, 1.82) is 0 Å². The summed E-state index contributed by atoms with van der Waals surface area (Å²) in [6.45, 7) is 6.94. The zero-order valence-electron chi connectivity index (χ0n) is 16.0. The maximum atomic E-state index is 12.9. The summed E-state index contributed by atoms with van der Waals surface area (Å²) in [5.74, 6) is 0.263. The van der Waals surface area contributed by atoms with E-state index in [9.17, 15) is 9.59 Å². The van der Waals surface area contributed by atoms with Crippen LogP contribution in [0.15, 0.2) is 34.2 Å². The molecule has 2 rings (SSSR count). The highest BCUT2D eigenvalue weighted by atomic mass is 32.2. The van der Waals surface area contributed by atoms with Gasteiger partial charge in [-0.2, -0.15) is 0 Å². The minimum absolute atomic E-state index is 0.00962. The van der Waals surface area contributed by atoms with Crippen molar-refractivity contribution in [1.82, 2.24) is 14.9 Å². The van der Waals surface area contributed by atoms with Gasteiger partial charge in [0.05, 0.1) is 16.7 Å². The largest absolute Gasteiger partial charge is 0.355 e. The summed E-state index contributed by atoms with van der Waals surface area (Å²) in [5, 5.41) is 4.19. The standard InChI is InChI=1S/C20H29N3O2S/c1-4-6-7-10-13-21-18(24)14-26-20-22-17-12-9-8-11-16(17)19(25)23(20)15(3)5-2/h8-9,11-12,15H,4-7,10,13-14H2,1-3H3,(H,21,24)/t15-/m0/s1. The molecule has 0 radical (unpaired) electrons. The fraction of sp³-hybridized carbons (Fsp3) is 0.550. The second kappa shape index (κ2) is 10.4. The van der Waals surface area contributed by atoms with Crippen LogP contribution in [0.4, 0.5) is 0 Å². The highest BCUT2D eigenvalue weighted by Crippen LogP contribution is 2.22. The van der Waals surface area contributed by atoms with Gasteiger partial charge in [0.1, 0.15) is 0 Å². The minimum Gasteiger partial charge on any atom is -0.355 e. The lowest BCUT2D eigenvalue weighted by Gasteiger charge is -2.18. The molecule has 0 bridgehead atoms. The molecule has 6 heteroatoms. The number of fused-ring (bicyclic) bond motifs is 1. The van der Waals surface area contributed by atoms with Gasteiger partial charge < -0.3 is 5.32 Å². The second-order valence-corrected chi connectivity index (χ2v) is 7.49. The summed E-state index contributed by atoms with van der Waals surface area (Å²) in [6.07, 6.45) is 5.37. The predicted octanol–water partition coefficient (Wildman–Crippen LogP) is 4.16. The quantitative estimate of drug-likeness (QED) is 0.385. The molecule has 0 aliphatic carbocycles. The van der Waals surface area contributed by atoms with E-state index in [2.05, 4.69) is 17.2 Å². The number of nitrogens with zero attached hydrogens (tertiary/aromatic N) is 2. The highest BCUT2D eigenvalue weighted by molar-refractivity contribution is 7.99. The molecule has 1 N–H and O–H groups in total. The first-order valence-corrected chi connectivity index (χ1v) is 10.5. The van der Waals surface area contributed by atoms with Crippen molar-refractivity contribution in [3.8, 4) is 0 Å². The van der Waals surface area contributed by atoms with Crippen LogP contribution in [0.25, 0.3) is 10.9 Å². The molecule has 1 heterocycles. The van der Waals surface area contributed by atoms with Crippen LogP contribution in [0.2, 0.25) is 0 Å². The Morgan fingerprint density at radius 1 is 1.23 bits per heavy atom. The van der Waals surface area contributed by atoms with E-state index in [1.807, 2.05) is 32.0 Å². The van der Waals surface area contributed by atoms with Gasteiger partial charge in [-0.15, -0.1) is 0 Å². The average Bonchev–Trinajstić information content (AvgIpc) is 2.65. The van der Waals surface area contributed by atoms with Crippen LogP contribution in [0.1, 0.15) is 58.9 Å². The third kappa shape index (κ3) is 5.34. The topological polar surface area (TPSA) is 64.0 Å². The van der Waals surface area contributed by atoms with Gasteiger partial charge in [0.25, 0.3) is 5.56 Å². The van der Waals surface area contributed by atoms with E-state index in [4.69, 9.17) is 0 Å². The van der Waals surface area contributed by atoms with Crippen molar-refractivity contribution in [3.63, 3.8) is 0 Å². The molecule has 0 aliphatic rings. The molecule has 1 atom stereocenters. The fourth-order valence-corrected chi connectivity index (χ4v) is 3.69. The van der Waals surface area contributed by atoms with Crippen molar-refractivity contribution < 1.29 is 4.79 Å². The van der Waals surface area contributed by atoms with E-state index in [1.54, 1.807) is 10.6 Å². The number of thioether (sulfide) groups is 1. The molecule has 26 heavy (non-hydrogen) atoms. The van der Waals surface area contributed by atoms with Gasteiger partial charge in [-0.1, -0.05) is 57.0 Å². The van der Waals surface area contributed by atoms with Crippen molar-refractivity contribution in [2.75, 3.05) is 12.3 Å². The third-order valence-corrected chi connectivity index (χ3v) is 5.44. The first-order valence-electron chi connectivity index (χ1n) is 9.49. The monoisotopic (exact) mass is 375 g/mol. The number of carbonyl (C=O) groups excluding carboxylic acids is 1. The van der Waals surface area contributed by atoms with Crippen LogP contribution in [0.5, 0.6) is 0 Å². The third-order valence-electron chi connectivity index (χ3n) is 4.49. The second-order valence-electron chi connectivity index (χ2n) is 6.54. The van der Waals surface area contributed by atoms with Gasteiger partial charge in [0.15, 0.2) is 5.16 Å². The van der Waals surface area contributed by atoms with E-state index in [0.29, 0.717) is 22.6 Å². The lowest BCUT2D eigenvalue weighted by molar-refractivity contribution is -0.118. The van der Waals surface area contributed by atoms with E-state index in [-0.39, 0.29) is 23.3 Å². The van der Waals surface area contributed by atoms with Crippen LogP contribution in [0, 0.1) is 0 Å². The Labute approximate surface area is 159 Å². The number of benzene rings is 1. The van der Waals surface area contributed by atoms with E-state index in [1.165, 1.54) is 24.6 Å². The molecule has 2 aromatic rings. The zero-order valence-corrected chi connectivity index (χ0v) is 16.8.